The third-order valence-electron chi connectivity index (χ3n) is 2.17. The fourth-order valence-corrected chi connectivity index (χ4v) is 0.994. The van der Waals surface area contributed by atoms with E-state index in [-0.39, 0.29) is 5.60 Å². The second-order valence-electron chi connectivity index (χ2n) is 2.98. The molecule has 0 amide bonds. The fourth-order valence-electron chi connectivity index (χ4n) is 0.994. The maximum Gasteiger partial charge on any atom is 0.0645 e. The first-order chi connectivity index (χ1) is 3.67. The molecule has 0 aromatic heterocycles. The third-order valence-corrected chi connectivity index (χ3v) is 2.17. The first kappa shape index (κ1) is 6.09. The monoisotopic (exact) mass is 114 g/mol. The average molecular weight is 114 g/mol. The first-order valence-electron chi connectivity index (χ1n) is 3.39. The van der Waals surface area contributed by atoms with Crippen LogP contribution in [0.15, 0.2) is 0 Å². The lowest BCUT2D eigenvalue weighted by Gasteiger charge is -2.19. The fraction of sp³-hybridized carbons (Fsp3) is 1.00. The van der Waals surface area contributed by atoms with Crippen molar-refractivity contribution in [3.05, 3.63) is 0 Å². The van der Waals surface area contributed by atoms with Crippen molar-refractivity contribution in [2.24, 2.45) is 5.92 Å². The van der Waals surface area contributed by atoms with E-state index < -0.39 is 0 Å². The molecule has 1 aliphatic rings. The second kappa shape index (κ2) is 1.73. The van der Waals surface area contributed by atoms with Gasteiger partial charge < -0.3 is 5.11 Å². The zero-order valence-corrected chi connectivity index (χ0v) is 5.65. The molecular weight excluding hydrogens is 100 g/mol. The molecule has 0 aromatic rings. The van der Waals surface area contributed by atoms with Crippen LogP contribution in [0.25, 0.3) is 0 Å². The molecule has 8 heavy (non-hydrogen) atoms. The lowest BCUT2D eigenvalue weighted by Crippen LogP contribution is -2.24. The van der Waals surface area contributed by atoms with Crippen LogP contribution in [-0.4, -0.2) is 10.7 Å². The van der Waals surface area contributed by atoms with Crippen LogP contribution in [0.1, 0.15) is 33.1 Å². The SMILES string of the molecule is CC[C@](C)(O)C1CC1. The molecule has 1 fully saturated rings. The zero-order chi connectivity index (χ0) is 6.20. The summed E-state index contributed by atoms with van der Waals surface area (Å²) in [6, 6.07) is 0. The lowest BCUT2D eigenvalue weighted by atomic mass is 9.98. The van der Waals surface area contributed by atoms with E-state index in [1.165, 1.54) is 12.8 Å². The molecule has 0 spiro atoms. The van der Waals surface area contributed by atoms with Crippen LogP contribution in [0.4, 0.5) is 0 Å². The van der Waals surface area contributed by atoms with Gasteiger partial charge in [-0.15, -0.1) is 0 Å². The molecule has 1 N–H and O–H groups in total. The molecule has 0 saturated heterocycles. The van der Waals surface area contributed by atoms with Gasteiger partial charge in [-0.2, -0.15) is 0 Å². The quantitative estimate of drug-likeness (QED) is 0.577. The summed E-state index contributed by atoms with van der Waals surface area (Å²) in [5, 5.41) is 9.46. The van der Waals surface area contributed by atoms with Crippen LogP contribution < -0.4 is 0 Å². The predicted octanol–water partition coefficient (Wildman–Crippen LogP) is 1.56. The highest BCUT2D eigenvalue weighted by Crippen LogP contribution is 2.40. The Kier molecular flexibility index (Phi) is 1.31. The van der Waals surface area contributed by atoms with Gasteiger partial charge in [-0.3, -0.25) is 0 Å². The van der Waals surface area contributed by atoms with Gasteiger partial charge in [0.05, 0.1) is 5.60 Å². The Balaban J connectivity index is 2.37. The van der Waals surface area contributed by atoms with Gasteiger partial charge in [-0.25, -0.2) is 0 Å². The van der Waals surface area contributed by atoms with Gasteiger partial charge in [-0.05, 0) is 32.1 Å². The van der Waals surface area contributed by atoms with Crippen LogP contribution in [0.5, 0.6) is 0 Å². The summed E-state index contributed by atoms with van der Waals surface area (Å²) < 4.78 is 0. The largest absolute Gasteiger partial charge is 0.390 e. The summed E-state index contributed by atoms with van der Waals surface area (Å²) in [6.45, 7) is 3.98. The van der Waals surface area contributed by atoms with E-state index in [2.05, 4.69) is 0 Å². The van der Waals surface area contributed by atoms with Crippen molar-refractivity contribution < 1.29 is 5.11 Å². The summed E-state index contributed by atoms with van der Waals surface area (Å²) in [6.07, 6.45) is 3.37. The van der Waals surface area contributed by atoms with E-state index in [9.17, 15) is 5.11 Å². The van der Waals surface area contributed by atoms with Crippen LogP contribution in [0.3, 0.4) is 0 Å². The maximum atomic E-state index is 9.46. The number of aliphatic hydroxyl groups is 1. The maximum absolute atomic E-state index is 9.46. The van der Waals surface area contributed by atoms with Crippen LogP contribution in [0.2, 0.25) is 0 Å². The highest BCUT2D eigenvalue weighted by molar-refractivity contribution is 4.89. The summed E-state index contributed by atoms with van der Waals surface area (Å²) in [7, 11) is 0. The summed E-state index contributed by atoms with van der Waals surface area (Å²) in [4.78, 5) is 0. The Hall–Kier alpha value is -0.0400. The van der Waals surface area contributed by atoms with Crippen molar-refractivity contribution in [3.8, 4) is 0 Å². The molecule has 1 aliphatic carbocycles. The standard InChI is InChI=1S/C7H14O/c1-3-7(2,8)6-4-5-6/h6,8H,3-5H2,1-2H3/t7-/m0/s1. The van der Waals surface area contributed by atoms with Crippen LogP contribution in [-0.2, 0) is 0 Å². The molecule has 0 aromatic carbocycles. The molecule has 1 nitrogen and oxygen atoms in total. The van der Waals surface area contributed by atoms with Crippen molar-refractivity contribution in [1.29, 1.82) is 0 Å². The Morgan fingerprint density at radius 2 is 2.12 bits per heavy atom. The Labute approximate surface area is 50.7 Å². The Morgan fingerprint density at radius 1 is 1.62 bits per heavy atom. The smallest absolute Gasteiger partial charge is 0.0645 e. The van der Waals surface area contributed by atoms with Crippen molar-refractivity contribution in [3.63, 3.8) is 0 Å². The van der Waals surface area contributed by atoms with Crippen molar-refractivity contribution in [2.45, 2.75) is 38.7 Å². The molecule has 0 bridgehead atoms. The predicted molar refractivity (Wildman–Crippen MR) is 33.6 cm³/mol. The average Bonchev–Trinajstić information content (AvgIpc) is 2.44. The normalized spacial score (nSPS) is 27.4. The van der Waals surface area contributed by atoms with E-state index in [1.807, 2.05) is 13.8 Å². The molecule has 0 unspecified atom stereocenters. The summed E-state index contributed by atoms with van der Waals surface area (Å²) in [5.74, 6) is 0.618. The molecule has 1 atom stereocenters. The minimum absolute atomic E-state index is 0.347. The molecular formula is C7H14O. The zero-order valence-electron chi connectivity index (χ0n) is 5.65. The van der Waals surface area contributed by atoms with E-state index in [1.54, 1.807) is 0 Å². The molecule has 1 rings (SSSR count). The lowest BCUT2D eigenvalue weighted by molar-refractivity contribution is 0.0330. The highest BCUT2D eigenvalue weighted by Gasteiger charge is 2.37. The summed E-state index contributed by atoms with van der Waals surface area (Å²) >= 11 is 0. The van der Waals surface area contributed by atoms with E-state index in [0.29, 0.717) is 5.92 Å². The Bertz CT molecular complexity index is 82.4. The first-order valence-corrected chi connectivity index (χ1v) is 3.39. The summed E-state index contributed by atoms with van der Waals surface area (Å²) in [5.41, 5.74) is -0.347. The molecule has 0 aliphatic heterocycles. The highest BCUT2D eigenvalue weighted by atomic mass is 16.3. The van der Waals surface area contributed by atoms with Gasteiger partial charge in [0.2, 0.25) is 0 Å². The number of hydrogen-bond acceptors (Lipinski definition) is 1. The second-order valence-corrected chi connectivity index (χ2v) is 2.98. The van der Waals surface area contributed by atoms with Crippen molar-refractivity contribution in [1.82, 2.24) is 0 Å². The van der Waals surface area contributed by atoms with Gasteiger partial charge in [0.15, 0.2) is 0 Å². The van der Waals surface area contributed by atoms with Crippen LogP contribution >= 0.6 is 0 Å². The third kappa shape index (κ3) is 1.03. The number of hydrogen-bond donors (Lipinski definition) is 1. The van der Waals surface area contributed by atoms with E-state index >= 15 is 0 Å². The molecule has 48 valence electrons. The minimum Gasteiger partial charge on any atom is -0.390 e. The molecule has 1 saturated carbocycles. The van der Waals surface area contributed by atoms with Gasteiger partial charge >= 0.3 is 0 Å². The topological polar surface area (TPSA) is 20.2 Å². The molecule has 0 radical (unpaired) electrons. The Morgan fingerprint density at radius 3 is 2.25 bits per heavy atom. The number of rotatable bonds is 2. The van der Waals surface area contributed by atoms with E-state index in [4.69, 9.17) is 0 Å². The molecule has 1 heteroatoms. The van der Waals surface area contributed by atoms with Gasteiger partial charge in [0.25, 0.3) is 0 Å². The van der Waals surface area contributed by atoms with Crippen molar-refractivity contribution >= 4 is 0 Å². The minimum atomic E-state index is -0.347. The van der Waals surface area contributed by atoms with Gasteiger partial charge in [-0.1, -0.05) is 6.92 Å². The molecule has 0 heterocycles. The van der Waals surface area contributed by atoms with Gasteiger partial charge in [0.1, 0.15) is 0 Å². The van der Waals surface area contributed by atoms with Crippen LogP contribution in [0, 0.1) is 5.92 Å². The van der Waals surface area contributed by atoms with Crippen molar-refractivity contribution in [2.75, 3.05) is 0 Å². The van der Waals surface area contributed by atoms with E-state index in [0.717, 1.165) is 6.42 Å². The van der Waals surface area contributed by atoms with Gasteiger partial charge in [0, 0.05) is 0 Å².